The minimum atomic E-state index is -0.427. The second-order valence-electron chi connectivity index (χ2n) is 7.75. The Morgan fingerprint density at radius 1 is 0.818 bits per heavy atom. The lowest BCUT2D eigenvalue weighted by molar-refractivity contribution is -0.142. The quantitative estimate of drug-likeness (QED) is 0.262. The van der Waals surface area contributed by atoms with Gasteiger partial charge in [0, 0.05) is 23.8 Å². The van der Waals surface area contributed by atoms with Crippen molar-refractivity contribution >= 4 is 32.7 Å². The van der Waals surface area contributed by atoms with Crippen molar-refractivity contribution < 1.29 is 19.0 Å². The number of ether oxygens (including phenoxy) is 3. The summed E-state index contributed by atoms with van der Waals surface area (Å²) in [5.41, 5.74) is 4.47. The summed E-state index contributed by atoms with van der Waals surface area (Å²) in [5, 5.41) is 2.03. The van der Waals surface area contributed by atoms with Crippen molar-refractivity contribution in [2.24, 2.45) is 0 Å². The lowest BCUT2D eigenvalue weighted by atomic mass is 9.96. The van der Waals surface area contributed by atoms with Gasteiger partial charge in [-0.05, 0) is 56.2 Å². The number of carbonyl (C=O) groups excluding carboxylic acids is 1. The summed E-state index contributed by atoms with van der Waals surface area (Å²) in [5.74, 6) is 1.01. The highest BCUT2D eigenvalue weighted by atomic mass is 79.9. The minimum Gasteiger partial charge on any atom is -0.496 e. The maximum atomic E-state index is 11.8. The Labute approximate surface area is 202 Å². The summed E-state index contributed by atoms with van der Waals surface area (Å²) in [6, 6.07) is 26.9. The van der Waals surface area contributed by atoms with Crippen LogP contribution >= 0.6 is 15.9 Å². The monoisotopic (exact) mass is 504 g/mol. The van der Waals surface area contributed by atoms with Gasteiger partial charge in [0.1, 0.15) is 11.5 Å². The zero-order chi connectivity index (χ0) is 23.2. The molecule has 0 fully saturated rings. The largest absolute Gasteiger partial charge is 0.496 e. The molecule has 0 aliphatic carbocycles. The van der Waals surface area contributed by atoms with Gasteiger partial charge in [-0.1, -0.05) is 60.7 Å². The van der Waals surface area contributed by atoms with Crippen LogP contribution in [-0.4, -0.2) is 26.8 Å². The van der Waals surface area contributed by atoms with E-state index in [0.717, 1.165) is 44.1 Å². The van der Waals surface area contributed by atoms with Crippen molar-refractivity contribution in [1.82, 2.24) is 0 Å². The van der Waals surface area contributed by atoms with Gasteiger partial charge in [-0.3, -0.25) is 0 Å². The van der Waals surface area contributed by atoms with E-state index in [-0.39, 0.29) is 6.61 Å². The molecule has 0 bridgehead atoms. The van der Waals surface area contributed by atoms with E-state index in [9.17, 15) is 4.79 Å². The molecule has 5 heteroatoms. The van der Waals surface area contributed by atoms with Gasteiger partial charge in [0.15, 0.2) is 6.61 Å². The summed E-state index contributed by atoms with van der Waals surface area (Å²) in [6.07, 6.45) is 1.44. The highest BCUT2D eigenvalue weighted by Gasteiger charge is 2.18. The predicted molar refractivity (Wildman–Crippen MR) is 134 cm³/mol. The Morgan fingerprint density at radius 3 is 1.97 bits per heavy atom. The van der Waals surface area contributed by atoms with Crippen LogP contribution in [0.25, 0.3) is 10.8 Å². The first-order valence-electron chi connectivity index (χ1n) is 10.7. The normalized spacial score (nSPS) is 10.8. The minimum absolute atomic E-state index is 0.161. The number of esters is 1. The van der Waals surface area contributed by atoms with Crippen LogP contribution in [0.15, 0.2) is 83.3 Å². The third-order valence-corrected chi connectivity index (χ3v) is 6.33. The van der Waals surface area contributed by atoms with E-state index in [4.69, 9.17) is 14.2 Å². The third-order valence-electron chi connectivity index (χ3n) is 5.55. The van der Waals surface area contributed by atoms with Gasteiger partial charge in [-0.25, -0.2) is 4.79 Å². The van der Waals surface area contributed by atoms with Crippen LogP contribution in [0.3, 0.4) is 0 Å². The van der Waals surface area contributed by atoms with E-state index >= 15 is 0 Å². The molecule has 0 saturated carbocycles. The smallest absolute Gasteiger partial charge is 0.343 e. The van der Waals surface area contributed by atoms with Crippen molar-refractivity contribution in [3.63, 3.8) is 0 Å². The summed E-state index contributed by atoms with van der Waals surface area (Å²) in [7, 11) is 3.03. The molecule has 0 aliphatic rings. The van der Waals surface area contributed by atoms with Gasteiger partial charge in [0.2, 0.25) is 0 Å². The molecule has 33 heavy (non-hydrogen) atoms. The maximum Gasteiger partial charge on any atom is 0.343 e. The van der Waals surface area contributed by atoms with Gasteiger partial charge in [0.25, 0.3) is 0 Å². The molecule has 4 aromatic rings. The fourth-order valence-electron chi connectivity index (χ4n) is 3.91. The molecule has 0 aliphatic heterocycles. The van der Waals surface area contributed by atoms with Crippen molar-refractivity contribution in [2.45, 2.75) is 12.8 Å². The Hall–Kier alpha value is -3.31. The first kappa shape index (κ1) is 22.9. The molecule has 0 saturated heterocycles. The average molecular weight is 505 g/mol. The highest BCUT2D eigenvalue weighted by Crippen LogP contribution is 2.41. The van der Waals surface area contributed by atoms with Crippen molar-refractivity contribution in [3.05, 3.63) is 106 Å². The molecular weight excluding hydrogens is 480 g/mol. The number of carbonyl (C=O) groups is 1. The molecular formula is C28H25BrO4. The molecule has 0 N–H and O–H groups in total. The number of halogens is 1. The number of benzene rings is 4. The van der Waals surface area contributed by atoms with E-state index in [0.29, 0.717) is 12.2 Å². The van der Waals surface area contributed by atoms with Gasteiger partial charge >= 0.3 is 5.97 Å². The fraction of sp³-hybridized carbons (Fsp3) is 0.179. The van der Waals surface area contributed by atoms with Crippen LogP contribution in [0.2, 0.25) is 0 Å². The Balaban J connectivity index is 1.82. The van der Waals surface area contributed by atoms with E-state index < -0.39 is 5.97 Å². The van der Waals surface area contributed by atoms with Crippen LogP contribution in [0.5, 0.6) is 11.5 Å². The van der Waals surface area contributed by atoms with Gasteiger partial charge < -0.3 is 14.2 Å². The molecule has 168 valence electrons. The summed E-state index contributed by atoms with van der Waals surface area (Å²) < 4.78 is 17.2. The zero-order valence-electron chi connectivity index (χ0n) is 18.6. The number of fused-ring (bicyclic) bond motifs is 1. The molecule has 4 nitrogen and oxygen atoms in total. The molecule has 0 radical (unpaired) electrons. The van der Waals surface area contributed by atoms with Gasteiger partial charge in [-0.15, -0.1) is 0 Å². The Morgan fingerprint density at radius 2 is 1.39 bits per heavy atom. The first-order valence-corrected chi connectivity index (χ1v) is 11.5. The predicted octanol–water partition coefficient (Wildman–Crippen LogP) is 6.34. The Kier molecular flexibility index (Phi) is 7.30. The van der Waals surface area contributed by atoms with Crippen molar-refractivity contribution in [1.29, 1.82) is 0 Å². The fourth-order valence-corrected chi connectivity index (χ4v) is 4.62. The Bertz CT molecular complexity index is 1250. The average Bonchev–Trinajstić information content (AvgIpc) is 2.84. The van der Waals surface area contributed by atoms with Crippen molar-refractivity contribution in [3.8, 4) is 11.5 Å². The van der Waals surface area contributed by atoms with Crippen molar-refractivity contribution in [2.75, 3.05) is 20.8 Å². The topological polar surface area (TPSA) is 44.8 Å². The zero-order valence-corrected chi connectivity index (χ0v) is 20.2. The number of rotatable bonds is 8. The number of hydrogen-bond donors (Lipinski definition) is 0. The second kappa shape index (κ2) is 10.5. The lowest BCUT2D eigenvalue weighted by Crippen LogP contribution is -2.14. The molecule has 4 rings (SSSR count). The SMILES string of the molecule is COC(=O)COc1c(Cc2ccccc2)cc2cc(Cc3ccccc3)c(OC)cc2c1Br. The lowest BCUT2D eigenvalue weighted by Gasteiger charge is -2.18. The molecule has 0 unspecified atom stereocenters. The first-order chi connectivity index (χ1) is 16.1. The molecule has 0 spiro atoms. The standard InChI is InChI=1S/C28H25BrO4/c1-31-25-17-24-21(15-22(25)13-19-9-5-3-6-10-19)16-23(14-20-11-7-4-8-12-20)28(27(24)29)33-18-26(30)32-2/h3-12,15-17H,13-14,18H2,1-2H3. The summed E-state index contributed by atoms with van der Waals surface area (Å²) in [6.45, 7) is -0.161. The van der Waals surface area contributed by atoms with Crippen LogP contribution in [0.4, 0.5) is 0 Å². The van der Waals surface area contributed by atoms with Gasteiger partial charge in [0.05, 0.1) is 18.7 Å². The third kappa shape index (κ3) is 5.37. The number of methoxy groups -OCH3 is 2. The molecule has 4 aromatic carbocycles. The van der Waals surface area contributed by atoms with Crippen LogP contribution in [0.1, 0.15) is 22.3 Å². The molecule has 0 amide bonds. The summed E-state index contributed by atoms with van der Waals surface area (Å²) >= 11 is 3.74. The van der Waals surface area contributed by atoms with E-state index in [1.54, 1.807) is 7.11 Å². The highest BCUT2D eigenvalue weighted by molar-refractivity contribution is 9.10. The summed E-state index contributed by atoms with van der Waals surface area (Å²) in [4.78, 5) is 11.8. The van der Waals surface area contributed by atoms with E-state index in [1.165, 1.54) is 12.7 Å². The van der Waals surface area contributed by atoms with Crippen LogP contribution < -0.4 is 9.47 Å². The van der Waals surface area contributed by atoms with Crippen LogP contribution in [0, 0.1) is 0 Å². The molecule has 0 aromatic heterocycles. The van der Waals surface area contributed by atoms with Crippen LogP contribution in [-0.2, 0) is 22.4 Å². The maximum absolute atomic E-state index is 11.8. The van der Waals surface area contributed by atoms with E-state index in [2.05, 4.69) is 52.3 Å². The number of hydrogen-bond acceptors (Lipinski definition) is 4. The molecule has 0 heterocycles. The second-order valence-corrected chi connectivity index (χ2v) is 8.55. The molecule has 0 atom stereocenters. The van der Waals surface area contributed by atoms with E-state index in [1.807, 2.05) is 42.5 Å². The van der Waals surface area contributed by atoms with Gasteiger partial charge in [-0.2, -0.15) is 0 Å².